The molecule has 2 aliphatic rings. The van der Waals surface area contributed by atoms with Crippen LogP contribution in [0.15, 0.2) is 29.3 Å². The van der Waals surface area contributed by atoms with Gasteiger partial charge < -0.3 is 9.80 Å². The molecule has 1 unspecified atom stereocenters. The molecular formula is C14H17BrFN3S. The molecule has 0 saturated carbocycles. The number of hydrogen-bond donors (Lipinski definition) is 0. The zero-order valence-electron chi connectivity index (χ0n) is 11.1. The molecule has 0 aliphatic carbocycles. The summed E-state index contributed by atoms with van der Waals surface area (Å²) >= 11 is 5.40. The van der Waals surface area contributed by atoms with E-state index in [0.717, 1.165) is 43.7 Å². The zero-order chi connectivity index (χ0) is 13.9. The van der Waals surface area contributed by atoms with Gasteiger partial charge in [-0.3, -0.25) is 4.99 Å². The Balaban J connectivity index is 1.56. The van der Waals surface area contributed by atoms with Crippen LogP contribution in [-0.4, -0.2) is 53.4 Å². The summed E-state index contributed by atoms with van der Waals surface area (Å²) < 4.78 is 12.9. The van der Waals surface area contributed by atoms with Crippen molar-refractivity contribution in [2.24, 2.45) is 4.99 Å². The number of thioether (sulfide) groups is 1. The summed E-state index contributed by atoms with van der Waals surface area (Å²) in [4.78, 5) is 9.30. The molecule has 2 heterocycles. The highest BCUT2D eigenvalue weighted by atomic mass is 79.9. The minimum absolute atomic E-state index is 0.176. The molecule has 0 amide bonds. The first-order chi connectivity index (χ1) is 9.76. The average Bonchev–Trinajstić information content (AvgIpc) is 2.97. The molecule has 6 heteroatoms. The Labute approximate surface area is 131 Å². The fourth-order valence-electron chi connectivity index (χ4n) is 2.47. The van der Waals surface area contributed by atoms with Gasteiger partial charge in [0.1, 0.15) is 5.82 Å². The summed E-state index contributed by atoms with van der Waals surface area (Å²) in [6, 6.07) is 6.76. The van der Waals surface area contributed by atoms with Crippen molar-refractivity contribution in [3.63, 3.8) is 0 Å². The van der Waals surface area contributed by atoms with Crippen molar-refractivity contribution in [3.05, 3.63) is 30.1 Å². The maximum Gasteiger partial charge on any atom is 0.159 e. The summed E-state index contributed by atoms with van der Waals surface area (Å²) in [5.74, 6) is -0.176. The van der Waals surface area contributed by atoms with Crippen molar-refractivity contribution >= 4 is 38.5 Å². The Bertz CT molecular complexity index is 486. The third-order valence-corrected chi connectivity index (χ3v) is 6.07. The largest absolute Gasteiger partial charge is 0.368 e. The normalized spacial score (nSPS) is 23.1. The van der Waals surface area contributed by atoms with Crippen LogP contribution in [0, 0.1) is 5.82 Å². The van der Waals surface area contributed by atoms with Crippen molar-refractivity contribution in [2.45, 2.75) is 5.25 Å². The molecule has 1 fully saturated rings. The Morgan fingerprint density at radius 1 is 1.15 bits per heavy atom. The van der Waals surface area contributed by atoms with Crippen LogP contribution in [0.3, 0.4) is 0 Å². The molecule has 0 radical (unpaired) electrons. The van der Waals surface area contributed by atoms with E-state index in [0.29, 0.717) is 5.25 Å². The van der Waals surface area contributed by atoms with Gasteiger partial charge in [0.05, 0.1) is 6.54 Å². The number of benzene rings is 1. The Hall–Kier alpha value is -0.750. The highest BCUT2D eigenvalue weighted by molar-refractivity contribution is 9.09. The Morgan fingerprint density at radius 2 is 1.80 bits per heavy atom. The van der Waals surface area contributed by atoms with Crippen LogP contribution in [-0.2, 0) is 0 Å². The summed E-state index contributed by atoms with van der Waals surface area (Å²) in [6.45, 7) is 4.81. The lowest BCUT2D eigenvalue weighted by Gasteiger charge is -2.37. The van der Waals surface area contributed by atoms with Crippen LogP contribution >= 0.6 is 27.7 Å². The molecule has 0 spiro atoms. The van der Waals surface area contributed by atoms with Gasteiger partial charge in [-0.15, -0.1) is 0 Å². The number of hydrogen-bond acceptors (Lipinski definition) is 4. The lowest BCUT2D eigenvalue weighted by Crippen LogP contribution is -2.47. The number of halogens is 2. The number of nitrogens with zero attached hydrogens (tertiary/aromatic N) is 3. The molecule has 0 N–H and O–H groups in total. The van der Waals surface area contributed by atoms with E-state index in [1.807, 2.05) is 23.9 Å². The molecule has 1 aromatic carbocycles. The maximum atomic E-state index is 12.9. The van der Waals surface area contributed by atoms with Crippen molar-refractivity contribution in [1.82, 2.24) is 4.90 Å². The second kappa shape index (κ2) is 6.35. The zero-order valence-corrected chi connectivity index (χ0v) is 13.5. The van der Waals surface area contributed by atoms with Crippen LogP contribution in [0.4, 0.5) is 10.1 Å². The van der Waals surface area contributed by atoms with Crippen molar-refractivity contribution in [3.8, 4) is 0 Å². The lowest BCUT2D eigenvalue weighted by atomic mass is 10.2. The Morgan fingerprint density at radius 3 is 2.40 bits per heavy atom. The highest BCUT2D eigenvalue weighted by Crippen LogP contribution is 2.26. The van der Waals surface area contributed by atoms with Crippen LogP contribution < -0.4 is 4.90 Å². The van der Waals surface area contributed by atoms with E-state index in [4.69, 9.17) is 0 Å². The van der Waals surface area contributed by atoms with Crippen molar-refractivity contribution in [2.75, 3.05) is 43.0 Å². The Kier molecular flexibility index (Phi) is 4.51. The molecule has 1 atom stereocenters. The van der Waals surface area contributed by atoms with E-state index in [1.165, 1.54) is 17.3 Å². The lowest BCUT2D eigenvalue weighted by molar-refractivity contribution is 0.392. The topological polar surface area (TPSA) is 18.8 Å². The number of amidine groups is 1. The molecule has 108 valence electrons. The number of piperazine rings is 1. The minimum atomic E-state index is -0.176. The van der Waals surface area contributed by atoms with Crippen LogP contribution in [0.5, 0.6) is 0 Å². The van der Waals surface area contributed by atoms with Gasteiger partial charge in [-0.1, -0.05) is 27.7 Å². The monoisotopic (exact) mass is 357 g/mol. The van der Waals surface area contributed by atoms with Gasteiger partial charge in [0.15, 0.2) is 5.17 Å². The number of anilines is 1. The van der Waals surface area contributed by atoms with Gasteiger partial charge in [-0.2, -0.15) is 0 Å². The average molecular weight is 358 g/mol. The van der Waals surface area contributed by atoms with E-state index < -0.39 is 0 Å². The number of rotatable bonds is 2. The summed E-state index contributed by atoms with van der Waals surface area (Å²) in [6.07, 6.45) is 0. The van der Waals surface area contributed by atoms with Gasteiger partial charge in [0, 0.05) is 42.4 Å². The third-order valence-electron chi connectivity index (χ3n) is 3.62. The molecule has 20 heavy (non-hydrogen) atoms. The molecule has 1 aromatic rings. The number of aliphatic imine (C=N–C) groups is 1. The molecule has 1 saturated heterocycles. The first-order valence-corrected chi connectivity index (χ1v) is 8.79. The molecule has 3 rings (SSSR count). The van der Waals surface area contributed by atoms with Gasteiger partial charge in [0.2, 0.25) is 0 Å². The molecule has 3 nitrogen and oxygen atoms in total. The predicted octanol–water partition coefficient (Wildman–Crippen LogP) is 2.81. The van der Waals surface area contributed by atoms with Gasteiger partial charge in [-0.05, 0) is 24.3 Å². The summed E-state index contributed by atoms with van der Waals surface area (Å²) in [5, 5.41) is 2.77. The standard InChI is InChI=1S/C14H17BrFN3S/c15-9-13-10-17-14(20-13)19-7-5-18(6-8-19)12-3-1-11(16)2-4-12/h1-4,13H,5-10H2. The molecule has 0 aromatic heterocycles. The van der Waals surface area contributed by atoms with Gasteiger partial charge in [-0.25, -0.2) is 4.39 Å². The summed E-state index contributed by atoms with van der Waals surface area (Å²) in [7, 11) is 0. The smallest absolute Gasteiger partial charge is 0.159 e. The van der Waals surface area contributed by atoms with E-state index in [1.54, 1.807) is 0 Å². The van der Waals surface area contributed by atoms with Crippen LogP contribution in [0.1, 0.15) is 0 Å². The second-order valence-corrected chi connectivity index (χ2v) is 6.88. The van der Waals surface area contributed by atoms with Crippen LogP contribution in [0.2, 0.25) is 0 Å². The fourth-order valence-corrected chi connectivity index (χ4v) is 4.06. The SMILES string of the molecule is Fc1ccc(N2CCN(C3=NCC(CBr)S3)CC2)cc1. The van der Waals surface area contributed by atoms with Crippen molar-refractivity contribution < 1.29 is 4.39 Å². The number of alkyl halides is 1. The first kappa shape index (κ1) is 14.2. The van der Waals surface area contributed by atoms with E-state index in [2.05, 4.69) is 30.7 Å². The van der Waals surface area contributed by atoms with Gasteiger partial charge >= 0.3 is 0 Å². The second-order valence-electron chi connectivity index (χ2n) is 4.97. The quantitative estimate of drug-likeness (QED) is 0.758. The predicted molar refractivity (Wildman–Crippen MR) is 87.7 cm³/mol. The van der Waals surface area contributed by atoms with E-state index in [-0.39, 0.29) is 5.82 Å². The summed E-state index contributed by atoms with van der Waals surface area (Å²) in [5.41, 5.74) is 1.10. The third kappa shape index (κ3) is 3.11. The minimum Gasteiger partial charge on any atom is -0.368 e. The highest BCUT2D eigenvalue weighted by Gasteiger charge is 2.26. The van der Waals surface area contributed by atoms with Crippen LogP contribution in [0.25, 0.3) is 0 Å². The first-order valence-electron chi connectivity index (χ1n) is 6.79. The van der Waals surface area contributed by atoms with Gasteiger partial charge in [0.25, 0.3) is 0 Å². The molecular weight excluding hydrogens is 341 g/mol. The van der Waals surface area contributed by atoms with E-state index in [9.17, 15) is 4.39 Å². The molecule has 0 bridgehead atoms. The van der Waals surface area contributed by atoms with Crippen molar-refractivity contribution in [1.29, 1.82) is 0 Å². The molecule has 2 aliphatic heterocycles. The fraction of sp³-hybridized carbons (Fsp3) is 0.500. The van der Waals surface area contributed by atoms with E-state index >= 15 is 0 Å². The maximum absolute atomic E-state index is 12.9.